The lowest BCUT2D eigenvalue weighted by atomic mass is 10.1. The zero-order valence-electron chi connectivity index (χ0n) is 9.16. The molecule has 0 atom stereocenters. The number of benzene rings is 1. The molecule has 3 rings (SSSR count). The van der Waals surface area contributed by atoms with Crippen LogP contribution < -0.4 is 3.79 Å². The summed E-state index contributed by atoms with van der Waals surface area (Å²) in [5, 5.41) is 0.792. The Morgan fingerprint density at radius 2 is 2.12 bits per heavy atom. The summed E-state index contributed by atoms with van der Waals surface area (Å²) in [6, 6.07) is 5.13. The van der Waals surface area contributed by atoms with Crippen molar-refractivity contribution in [3.63, 3.8) is 0 Å². The van der Waals surface area contributed by atoms with Gasteiger partial charge in [0.15, 0.2) is 5.58 Å². The van der Waals surface area contributed by atoms with E-state index in [0.29, 0.717) is 22.4 Å². The number of halogens is 1. The maximum atomic E-state index is 13.1. The summed E-state index contributed by atoms with van der Waals surface area (Å²) in [6.07, 6.45) is 1.18. The highest BCUT2D eigenvalue weighted by atomic mass is 27.1. The van der Waals surface area contributed by atoms with Crippen LogP contribution in [0.2, 0.25) is 0 Å². The fourth-order valence-electron chi connectivity index (χ4n) is 1.95. The van der Waals surface area contributed by atoms with E-state index < -0.39 is 5.82 Å². The van der Waals surface area contributed by atoms with Crippen LogP contribution in [-0.2, 0) is 0 Å². The van der Waals surface area contributed by atoms with E-state index >= 15 is 0 Å². The molecule has 1 aromatic carbocycles. The van der Waals surface area contributed by atoms with E-state index in [0.717, 1.165) is 10.9 Å². The third-order valence-electron chi connectivity index (χ3n) is 2.64. The minimum Gasteiger partial charge on any atom is -0.650 e. The van der Waals surface area contributed by atoms with Gasteiger partial charge in [0.1, 0.15) is 16.9 Å². The number of rotatable bonds is 1. The molecule has 0 unspecified atom stereocenters. The van der Waals surface area contributed by atoms with Crippen molar-refractivity contribution in [3.8, 4) is 5.75 Å². The number of hydrogen-bond acceptors (Lipinski definition) is 3. The molecule has 0 aliphatic heterocycles. The Kier molecular flexibility index (Phi) is 2.32. The first-order valence-electron chi connectivity index (χ1n) is 5.09. The van der Waals surface area contributed by atoms with Crippen LogP contribution in [0.1, 0.15) is 5.56 Å². The topological polar surface area (TPSA) is 35.3 Å². The van der Waals surface area contributed by atoms with Gasteiger partial charge in [-0.15, -0.1) is 0 Å². The molecule has 0 fully saturated rings. The van der Waals surface area contributed by atoms with E-state index in [1.807, 2.05) is 19.1 Å². The molecule has 17 heavy (non-hydrogen) atoms. The molecule has 0 spiro atoms. The van der Waals surface area contributed by atoms with Gasteiger partial charge in [0.05, 0.1) is 17.3 Å². The second-order valence-corrected chi connectivity index (χ2v) is 4.17. The van der Waals surface area contributed by atoms with E-state index in [4.69, 9.17) is 8.21 Å². The summed E-state index contributed by atoms with van der Waals surface area (Å²) >= 11 is 1.39. The van der Waals surface area contributed by atoms with Gasteiger partial charge >= 0.3 is 16.6 Å². The summed E-state index contributed by atoms with van der Waals surface area (Å²) in [6.45, 7) is 1.95. The third kappa shape index (κ3) is 1.59. The number of aryl methyl sites for hydroxylation is 1. The average molecular weight is 244 g/mol. The molecule has 0 N–H and O–H groups in total. The van der Waals surface area contributed by atoms with Gasteiger partial charge in [0.25, 0.3) is 0 Å². The van der Waals surface area contributed by atoms with Crippen LogP contribution in [0.5, 0.6) is 5.75 Å². The van der Waals surface area contributed by atoms with Gasteiger partial charge in [-0.05, 0) is 24.6 Å². The normalized spacial score (nSPS) is 11.2. The monoisotopic (exact) mass is 244 g/mol. The highest BCUT2D eigenvalue weighted by Crippen LogP contribution is 2.35. The molecule has 0 aliphatic carbocycles. The van der Waals surface area contributed by atoms with Crippen molar-refractivity contribution >= 4 is 38.7 Å². The Morgan fingerprint density at radius 1 is 1.29 bits per heavy atom. The largest absolute Gasteiger partial charge is 0.650 e. The number of hydrogen-bond donors (Lipinski definition) is 0. The fourth-order valence-corrected chi connectivity index (χ4v) is 2.18. The van der Waals surface area contributed by atoms with Gasteiger partial charge in [0.2, 0.25) is 0 Å². The average Bonchev–Trinajstić information content (AvgIpc) is 2.64. The maximum absolute atomic E-state index is 13.1. The van der Waals surface area contributed by atoms with Gasteiger partial charge < -0.3 is 8.21 Å². The molecule has 0 bridgehead atoms. The van der Waals surface area contributed by atoms with Crippen molar-refractivity contribution < 1.29 is 12.6 Å². The standard InChI is InChI=1S/C12H8FNO2.Al.H/c1-6-2-8(15)11-9(3-6)16-10-4-7(13)5-14-12(10)11;;/h2-5,15H,1H3;;/q;+1;/p-1. The van der Waals surface area contributed by atoms with Crippen molar-refractivity contribution in [3.05, 3.63) is 35.8 Å². The van der Waals surface area contributed by atoms with Gasteiger partial charge in [-0.2, -0.15) is 0 Å². The van der Waals surface area contributed by atoms with Crippen LogP contribution in [-0.4, -0.2) is 21.6 Å². The molecular formula is C12H8AlFNO2. The third-order valence-corrected chi connectivity index (χ3v) is 2.95. The summed E-state index contributed by atoms with van der Waals surface area (Å²) in [5.74, 6) is 0.297. The smallest absolute Gasteiger partial charge is 0.494 e. The van der Waals surface area contributed by atoms with E-state index in [1.54, 1.807) is 0 Å². The van der Waals surface area contributed by atoms with Crippen LogP contribution in [0.25, 0.3) is 22.1 Å². The second kappa shape index (κ2) is 3.73. The van der Waals surface area contributed by atoms with Crippen LogP contribution >= 0.6 is 0 Å². The Hall–Kier alpha value is -1.57. The Morgan fingerprint density at radius 3 is 2.88 bits per heavy atom. The summed E-state index contributed by atoms with van der Waals surface area (Å²) < 4.78 is 24.0. The van der Waals surface area contributed by atoms with E-state index in [9.17, 15) is 4.39 Å². The number of nitrogens with zero attached hydrogens (tertiary/aromatic N) is 1. The quantitative estimate of drug-likeness (QED) is 0.617. The predicted molar refractivity (Wildman–Crippen MR) is 64.0 cm³/mol. The van der Waals surface area contributed by atoms with Crippen LogP contribution in [0.4, 0.5) is 4.39 Å². The number of furan rings is 1. The molecule has 2 aromatic heterocycles. The Bertz CT molecular complexity index is 723. The minimum absolute atomic E-state index is 0.408. The highest BCUT2D eigenvalue weighted by molar-refractivity contribution is 6.09. The summed E-state index contributed by atoms with van der Waals surface area (Å²) in [5.41, 5.74) is 2.76. The summed E-state index contributed by atoms with van der Waals surface area (Å²) in [7, 11) is 0. The Labute approximate surface area is 105 Å². The van der Waals surface area contributed by atoms with Crippen LogP contribution in [0.15, 0.2) is 28.8 Å². The zero-order valence-corrected chi connectivity index (χ0v) is 10.6. The molecule has 0 saturated heterocycles. The highest BCUT2D eigenvalue weighted by Gasteiger charge is 2.13. The van der Waals surface area contributed by atoms with Gasteiger partial charge in [-0.3, -0.25) is 0 Å². The zero-order chi connectivity index (χ0) is 12.0. The molecule has 2 heterocycles. The fraction of sp³-hybridized carbons (Fsp3) is 0.0833. The van der Waals surface area contributed by atoms with E-state index in [-0.39, 0.29) is 0 Å². The van der Waals surface area contributed by atoms with Gasteiger partial charge in [-0.1, -0.05) is 0 Å². The van der Waals surface area contributed by atoms with E-state index in [1.165, 1.54) is 28.9 Å². The lowest BCUT2D eigenvalue weighted by Gasteiger charge is -2.04. The van der Waals surface area contributed by atoms with Gasteiger partial charge in [-0.25, -0.2) is 9.37 Å². The molecule has 3 aromatic rings. The SMILES string of the molecule is Cc1cc([O][AlH])c2c(c1)oc1cc(F)cnc12. The van der Waals surface area contributed by atoms with Crippen molar-refractivity contribution in [1.29, 1.82) is 0 Å². The van der Waals surface area contributed by atoms with Crippen molar-refractivity contribution in [2.45, 2.75) is 6.92 Å². The maximum Gasteiger partial charge on any atom is 0.494 e. The lowest BCUT2D eigenvalue weighted by molar-refractivity contribution is 0.611. The lowest BCUT2D eigenvalue weighted by Crippen LogP contribution is -1.87. The Balaban J connectivity index is 2.51. The first-order chi connectivity index (χ1) is 8.19. The molecule has 1 radical (unpaired) electrons. The van der Waals surface area contributed by atoms with Gasteiger partial charge in [0, 0.05) is 6.07 Å². The number of aromatic nitrogens is 1. The number of pyridine rings is 1. The minimum atomic E-state index is -0.408. The molecule has 3 nitrogen and oxygen atoms in total. The molecule has 83 valence electrons. The first-order valence-corrected chi connectivity index (χ1v) is 5.67. The van der Waals surface area contributed by atoms with Crippen molar-refractivity contribution in [2.75, 3.05) is 0 Å². The molecule has 0 amide bonds. The van der Waals surface area contributed by atoms with Crippen molar-refractivity contribution in [2.24, 2.45) is 0 Å². The molecule has 0 saturated carbocycles. The molecule has 0 aliphatic rings. The number of fused-ring (bicyclic) bond motifs is 3. The molecular weight excluding hydrogens is 236 g/mol. The first kappa shape index (κ1) is 10.6. The van der Waals surface area contributed by atoms with Crippen molar-refractivity contribution in [1.82, 2.24) is 4.98 Å². The van der Waals surface area contributed by atoms with E-state index in [2.05, 4.69) is 4.98 Å². The predicted octanol–water partition coefficient (Wildman–Crippen LogP) is 2.62. The van der Waals surface area contributed by atoms with Crippen LogP contribution in [0, 0.1) is 12.7 Å². The molecule has 5 heteroatoms. The summed E-state index contributed by atoms with van der Waals surface area (Å²) in [4.78, 5) is 4.06. The second-order valence-electron chi connectivity index (χ2n) is 3.88. The van der Waals surface area contributed by atoms with Crippen LogP contribution in [0.3, 0.4) is 0 Å².